The molecule has 0 aliphatic rings. The number of hydrogen-bond acceptors (Lipinski definition) is 5. The van der Waals surface area contributed by atoms with Crippen molar-refractivity contribution in [1.29, 1.82) is 0 Å². The standard InChI is InChI=1S/C25H35Cl2NO4Si/c1-8-30-23(29)15-28-18-13-21(26)24(22(27)14-18)31-19-9-11-20(12-10-19)32-33(7,16-17(2)3)25(4,5)6/h9-14,17,28H,8,15-16H2,1-7H3. The quantitative estimate of drug-likeness (QED) is 0.257. The minimum absolute atomic E-state index is 0.0236. The highest BCUT2D eigenvalue weighted by Gasteiger charge is 2.44. The van der Waals surface area contributed by atoms with E-state index in [0.29, 0.717) is 39.8 Å². The van der Waals surface area contributed by atoms with Gasteiger partial charge in [0.25, 0.3) is 8.32 Å². The van der Waals surface area contributed by atoms with Crippen LogP contribution in [-0.4, -0.2) is 27.4 Å². The molecule has 0 aliphatic carbocycles. The average Bonchev–Trinajstić information content (AvgIpc) is 2.69. The Kier molecular flexibility index (Phi) is 9.53. The normalized spacial score (nSPS) is 13.4. The van der Waals surface area contributed by atoms with Crippen molar-refractivity contribution in [2.24, 2.45) is 5.92 Å². The van der Waals surface area contributed by atoms with E-state index in [1.54, 1.807) is 19.1 Å². The molecule has 0 aromatic heterocycles. The minimum Gasteiger partial charge on any atom is -0.543 e. The van der Waals surface area contributed by atoms with Crippen molar-refractivity contribution in [3.8, 4) is 17.2 Å². The van der Waals surface area contributed by atoms with E-state index in [0.717, 1.165) is 11.8 Å². The van der Waals surface area contributed by atoms with Crippen LogP contribution in [0, 0.1) is 5.92 Å². The molecule has 0 spiro atoms. The summed E-state index contributed by atoms with van der Waals surface area (Å²) in [5.74, 6) is 2.00. The molecule has 2 rings (SSSR count). The highest BCUT2D eigenvalue weighted by atomic mass is 35.5. The summed E-state index contributed by atoms with van der Waals surface area (Å²) in [5.41, 5.74) is 0.603. The number of benzene rings is 2. The molecule has 0 fully saturated rings. The van der Waals surface area contributed by atoms with E-state index in [9.17, 15) is 4.79 Å². The number of esters is 1. The van der Waals surface area contributed by atoms with E-state index in [-0.39, 0.29) is 17.6 Å². The topological polar surface area (TPSA) is 56.8 Å². The van der Waals surface area contributed by atoms with Gasteiger partial charge in [-0.1, -0.05) is 57.8 Å². The first kappa shape index (κ1) is 27.4. The van der Waals surface area contributed by atoms with Crippen molar-refractivity contribution < 1.29 is 18.7 Å². The number of carbonyl (C=O) groups excluding carboxylic acids is 1. The fourth-order valence-corrected chi connectivity index (χ4v) is 7.16. The van der Waals surface area contributed by atoms with Gasteiger partial charge in [0.1, 0.15) is 18.0 Å². The fraction of sp³-hybridized carbons (Fsp3) is 0.480. The Balaban J connectivity index is 2.12. The maximum atomic E-state index is 11.5. The van der Waals surface area contributed by atoms with Crippen molar-refractivity contribution in [2.45, 2.75) is 59.2 Å². The summed E-state index contributed by atoms with van der Waals surface area (Å²) in [7, 11) is -2.02. The fourth-order valence-electron chi connectivity index (χ4n) is 3.38. The lowest BCUT2D eigenvalue weighted by atomic mass is 10.2. The Morgan fingerprint density at radius 2 is 1.61 bits per heavy atom. The van der Waals surface area contributed by atoms with Gasteiger partial charge in [-0.05, 0) is 66.9 Å². The first-order valence-corrected chi connectivity index (χ1v) is 14.6. The van der Waals surface area contributed by atoms with E-state index < -0.39 is 8.32 Å². The molecule has 0 heterocycles. The second-order valence-corrected chi connectivity index (χ2v) is 15.1. The third-order valence-electron chi connectivity index (χ3n) is 5.51. The summed E-state index contributed by atoms with van der Waals surface area (Å²) >= 11 is 12.8. The molecule has 8 heteroatoms. The number of rotatable bonds is 10. The molecule has 0 bridgehead atoms. The van der Waals surface area contributed by atoms with Gasteiger partial charge in [0.05, 0.1) is 16.7 Å². The lowest BCUT2D eigenvalue weighted by Crippen LogP contribution is -2.48. The first-order valence-electron chi connectivity index (χ1n) is 11.2. The molecular formula is C25H35Cl2NO4Si. The van der Waals surface area contributed by atoms with Crippen LogP contribution in [0.1, 0.15) is 41.5 Å². The number of halogens is 2. The van der Waals surface area contributed by atoms with Crippen molar-refractivity contribution in [2.75, 3.05) is 18.5 Å². The molecule has 0 amide bonds. The monoisotopic (exact) mass is 511 g/mol. The predicted molar refractivity (Wildman–Crippen MR) is 140 cm³/mol. The lowest BCUT2D eigenvalue weighted by Gasteiger charge is -2.40. The zero-order valence-electron chi connectivity index (χ0n) is 20.6. The smallest absolute Gasteiger partial charge is 0.325 e. The predicted octanol–water partition coefficient (Wildman–Crippen LogP) is 8.17. The van der Waals surface area contributed by atoms with Crippen LogP contribution in [0.25, 0.3) is 0 Å². The molecule has 0 saturated heterocycles. The summed E-state index contributed by atoms with van der Waals surface area (Å²) in [5, 5.41) is 3.72. The Hall–Kier alpha value is -1.89. The largest absolute Gasteiger partial charge is 0.543 e. The van der Waals surface area contributed by atoms with Gasteiger partial charge in [0.15, 0.2) is 5.75 Å². The molecule has 0 radical (unpaired) electrons. The molecule has 0 saturated carbocycles. The molecule has 1 atom stereocenters. The van der Waals surface area contributed by atoms with E-state index in [1.807, 2.05) is 24.3 Å². The summed E-state index contributed by atoms with van der Waals surface area (Å²) in [6, 6.07) is 11.9. The average molecular weight is 513 g/mol. The van der Waals surface area contributed by atoms with Crippen LogP contribution in [0.5, 0.6) is 17.2 Å². The number of ether oxygens (including phenoxy) is 2. The van der Waals surface area contributed by atoms with Crippen molar-refractivity contribution in [3.05, 3.63) is 46.4 Å². The van der Waals surface area contributed by atoms with Crippen molar-refractivity contribution in [3.63, 3.8) is 0 Å². The molecule has 33 heavy (non-hydrogen) atoms. The second kappa shape index (κ2) is 11.5. The van der Waals surface area contributed by atoms with Crippen molar-refractivity contribution in [1.82, 2.24) is 0 Å². The van der Waals surface area contributed by atoms with E-state index in [4.69, 9.17) is 37.1 Å². The van der Waals surface area contributed by atoms with Gasteiger partial charge in [-0.15, -0.1) is 0 Å². The number of hydrogen-bond donors (Lipinski definition) is 1. The third kappa shape index (κ3) is 7.83. The van der Waals surface area contributed by atoms with Crippen LogP contribution < -0.4 is 14.5 Å². The van der Waals surface area contributed by atoms with Gasteiger partial charge >= 0.3 is 5.97 Å². The molecule has 5 nitrogen and oxygen atoms in total. The summed E-state index contributed by atoms with van der Waals surface area (Å²) < 4.78 is 17.4. The van der Waals surface area contributed by atoms with Gasteiger partial charge < -0.3 is 19.2 Å². The van der Waals surface area contributed by atoms with Crippen molar-refractivity contribution >= 4 is 43.2 Å². The van der Waals surface area contributed by atoms with Crippen LogP contribution in [0.2, 0.25) is 27.7 Å². The zero-order valence-corrected chi connectivity index (χ0v) is 23.1. The first-order chi connectivity index (χ1) is 15.3. The second-order valence-electron chi connectivity index (χ2n) is 9.68. The molecule has 2 aromatic rings. The van der Waals surface area contributed by atoms with E-state index >= 15 is 0 Å². The SMILES string of the molecule is CCOC(=O)CNc1cc(Cl)c(Oc2ccc(O[Si](C)(CC(C)C)C(C)(C)C)cc2)c(Cl)c1. The molecular weight excluding hydrogens is 477 g/mol. The Bertz CT molecular complexity index is 921. The summed E-state index contributed by atoms with van der Waals surface area (Å²) in [4.78, 5) is 11.5. The molecule has 2 aromatic carbocycles. The minimum atomic E-state index is -2.02. The van der Waals surface area contributed by atoms with Crippen LogP contribution in [-0.2, 0) is 9.53 Å². The maximum absolute atomic E-state index is 11.5. The van der Waals surface area contributed by atoms with Gasteiger partial charge in [-0.25, -0.2) is 0 Å². The Morgan fingerprint density at radius 1 is 1.06 bits per heavy atom. The van der Waals surface area contributed by atoms with E-state index in [1.165, 1.54) is 0 Å². The van der Waals surface area contributed by atoms with Gasteiger partial charge in [0, 0.05) is 5.69 Å². The highest BCUT2D eigenvalue weighted by Crippen LogP contribution is 2.43. The molecule has 1 N–H and O–H groups in total. The van der Waals surface area contributed by atoms with Gasteiger partial charge in [-0.2, -0.15) is 0 Å². The van der Waals surface area contributed by atoms with Gasteiger partial charge in [0.2, 0.25) is 0 Å². The van der Waals surface area contributed by atoms with Crippen LogP contribution in [0.3, 0.4) is 0 Å². The van der Waals surface area contributed by atoms with Crippen LogP contribution >= 0.6 is 23.2 Å². The maximum Gasteiger partial charge on any atom is 0.325 e. The van der Waals surface area contributed by atoms with Crippen LogP contribution in [0.15, 0.2) is 36.4 Å². The number of nitrogens with one attached hydrogen (secondary N) is 1. The molecule has 0 aliphatic heterocycles. The summed E-state index contributed by atoms with van der Waals surface area (Å²) in [6.45, 7) is 15.7. The van der Waals surface area contributed by atoms with Gasteiger partial charge in [-0.3, -0.25) is 4.79 Å². The lowest BCUT2D eigenvalue weighted by molar-refractivity contribution is -0.140. The third-order valence-corrected chi connectivity index (χ3v) is 11.5. The van der Waals surface area contributed by atoms with Crippen LogP contribution in [0.4, 0.5) is 5.69 Å². The van der Waals surface area contributed by atoms with E-state index in [2.05, 4.69) is 46.5 Å². The summed E-state index contributed by atoms with van der Waals surface area (Å²) in [6.07, 6.45) is 0. The highest BCUT2D eigenvalue weighted by molar-refractivity contribution is 6.76. The zero-order chi connectivity index (χ0) is 24.8. The number of carbonyl (C=O) groups is 1. The Morgan fingerprint density at radius 3 is 2.09 bits per heavy atom. The Labute approximate surface area is 208 Å². The molecule has 1 unspecified atom stereocenters. The number of anilines is 1. The molecule has 182 valence electrons.